The van der Waals surface area contributed by atoms with Crippen LogP contribution in [0.1, 0.15) is 79.1 Å². The topological polar surface area (TPSA) is 64.5 Å². The molecular formula is C19H40N2O2S. The van der Waals surface area contributed by atoms with Crippen molar-refractivity contribution in [2.45, 2.75) is 79.1 Å². The third-order valence-electron chi connectivity index (χ3n) is 4.71. The normalized spacial score (nSPS) is 12.2. The Morgan fingerprint density at radius 3 is 1.42 bits per heavy atom. The molecular weight excluding hydrogens is 320 g/mol. The average Bonchev–Trinajstić information content (AvgIpc) is 2.46. The Morgan fingerprint density at radius 2 is 1.08 bits per heavy atom. The van der Waals surface area contributed by atoms with Crippen molar-refractivity contribution in [3.05, 3.63) is 0 Å². The van der Waals surface area contributed by atoms with E-state index in [1.807, 2.05) is 0 Å². The molecule has 5 heteroatoms. The van der Waals surface area contributed by atoms with Crippen LogP contribution in [0.2, 0.25) is 0 Å². The van der Waals surface area contributed by atoms with Crippen LogP contribution in [0, 0.1) is 10.8 Å². The van der Waals surface area contributed by atoms with Gasteiger partial charge in [0.1, 0.15) is 0 Å². The molecule has 0 aliphatic rings. The number of thiocarbonyl (C=S) groups is 1. The highest BCUT2D eigenvalue weighted by Crippen LogP contribution is 2.27. The van der Waals surface area contributed by atoms with Gasteiger partial charge in [-0.25, -0.2) is 0 Å². The van der Waals surface area contributed by atoms with E-state index < -0.39 is 0 Å². The summed E-state index contributed by atoms with van der Waals surface area (Å²) in [7, 11) is 0. The maximum atomic E-state index is 9.02. The second-order valence-corrected chi connectivity index (χ2v) is 8.78. The van der Waals surface area contributed by atoms with Gasteiger partial charge in [0.25, 0.3) is 0 Å². The van der Waals surface area contributed by atoms with Gasteiger partial charge >= 0.3 is 0 Å². The van der Waals surface area contributed by atoms with Crippen LogP contribution >= 0.6 is 12.2 Å². The number of rotatable bonds is 14. The molecule has 4 N–H and O–H groups in total. The fourth-order valence-electron chi connectivity index (χ4n) is 2.78. The number of aliphatic hydroxyl groups is 2. The predicted octanol–water partition coefficient (Wildman–Crippen LogP) is 3.61. The summed E-state index contributed by atoms with van der Waals surface area (Å²) in [6.45, 7) is 11.2. The van der Waals surface area contributed by atoms with Crippen LogP contribution in [0.25, 0.3) is 0 Å². The molecule has 0 aliphatic heterocycles. The minimum absolute atomic E-state index is 0.233. The van der Waals surface area contributed by atoms with Gasteiger partial charge in [-0.3, -0.25) is 0 Å². The molecule has 0 bridgehead atoms. The maximum Gasteiger partial charge on any atom is 0.166 e. The van der Waals surface area contributed by atoms with E-state index in [0.29, 0.717) is 0 Å². The second kappa shape index (κ2) is 12.9. The lowest BCUT2D eigenvalue weighted by Crippen LogP contribution is -2.36. The third-order valence-corrected chi connectivity index (χ3v) is 5.00. The van der Waals surface area contributed by atoms with Crippen molar-refractivity contribution in [3.8, 4) is 0 Å². The Bertz CT molecular complexity index is 303. The zero-order valence-electron chi connectivity index (χ0n) is 16.3. The van der Waals surface area contributed by atoms with Crippen molar-refractivity contribution in [1.82, 2.24) is 10.6 Å². The molecule has 0 aliphatic carbocycles. The fraction of sp³-hybridized carbons (Fsp3) is 0.947. The minimum Gasteiger partial charge on any atom is -0.396 e. The van der Waals surface area contributed by atoms with E-state index in [4.69, 9.17) is 22.4 Å². The highest BCUT2D eigenvalue weighted by Gasteiger charge is 2.16. The minimum atomic E-state index is 0.233. The molecule has 0 aromatic carbocycles. The maximum absolute atomic E-state index is 9.02. The van der Waals surface area contributed by atoms with Gasteiger partial charge in [0.15, 0.2) is 5.11 Å². The Morgan fingerprint density at radius 1 is 0.708 bits per heavy atom. The Hall–Kier alpha value is -0.390. The summed E-state index contributed by atoms with van der Waals surface area (Å²) in [6, 6.07) is 0. The third kappa shape index (κ3) is 14.0. The van der Waals surface area contributed by atoms with E-state index in [9.17, 15) is 0 Å². The number of aliphatic hydroxyl groups excluding tert-OH is 2. The first kappa shape index (κ1) is 23.6. The first-order chi connectivity index (χ1) is 11.2. The molecule has 0 unspecified atom stereocenters. The van der Waals surface area contributed by atoms with Crippen molar-refractivity contribution in [3.63, 3.8) is 0 Å². The van der Waals surface area contributed by atoms with Gasteiger partial charge in [-0.15, -0.1) is 0 Å². The molecule has 0 radical (unpaired) electrons. The molecule has 0 amide bonds. The van der Waals surface area contributed by atoms with Gasteiger partial charge in [0, 0.05) is 26.3 Å². The van der Waals surface area contributed by atoms with Gasteiger partial charge in [-0.1, -0.05) is 40.5 Å². The molecule has 144 valence electrons. The molecule has 0 saturated carbocycles. The molecule has 0 heterocycles. The van der Waals surface area contributed by atoms with Gasteiger partial charge in [-0.05, 0) is 61.6 Å². The van der Waals surface area contributed by atoms with Crippen molar-refractivity contribution in [2.75, 3.05) is 26.3 Å². The molecule has 0 atom stereocenters. The quantitative estimate of drug-likeness (QED) is 0.281. The largest absolute Gasteiger partial charge is 0.396 e. The van der Waals surface area contributed by atoms with Crippen molar-refractivity contribution >= 4 is 17.3 Å². The summed E-state index contributed by atoms with van der Waals surface area (Å²) in [4.78, 5) is 0. The van der Waals surface area contributed by atoms with E-state index in [-0.39, 0.29) is 24.0 Å². The predicted molar refractivity (Wildman–Crippen MR) is 107 cm³/mol. The van der Waals surface area contributed by atoms with Crippen LogP contribution in [-0.2, 0) is 0 Å². The molecule has 4 nitrogen and oxygen atoms in total. The number of unbranched alkanes of at least 4 members (excludes halogenated alkanes) is 2. The van der Waals surface area contributed by atoms with E-state index in [1.54, 1.807) is 0 Å². The summed E-state index contributed by atoms with van der Waals surface area (Å²) < 4.78 is 0. The highest BCUT2D eigenvalue weighted by atomic mass is 32.1. The number of hydrogen-bond donors (Lipinski definition) is 4. The standard InChI is InChI=1S/C19H40N2O2S/c1-18(2,11-15-22)9-5-7-13-20-17(24)21-14-8-6-10-19(3,4)12-16-23/h22-23H,5-16H2,1-4H3,(H2,20,21,24). The van der Waals surface area contributed by atoms with E-state index in [2.05, 4.69) is 38.3 Å². The van der Waals surface area contributed by atoms with Crippen LogP contribution in [0.5, 0.6) is 0 Å². The van der Waals surface area contributed by atoms with E-state index >= 15 is 0 Å². The molecule has 0 fully saturated rings. The summed E-state index contributed by atoms with van der Waals surface area (Å²) >= 11 is 5.29. The van der Waals surface area contributed by atoms with E-state index in [0.717, 1.165) is 69.6 Å². The SMILES string of the molecule is CC(C)(CCO)CCCCNC(=S)NCCCCC(C)(C)CCO. The van der Waals surface area contributed by atoms with Crippen LogP contribution in [0.3, 0.4) is 0 Å². The lowest BCUT2D eigenvalue weighted by Gasteiger charge is -2.23. The molecule has 0 aromatic rings. The summed E-state index contributed by atoms with van der Waals surface area (Å²) in [6.07, 6.45) is 8.53. The van der Waals surface area contributed by atoms with Gasteiger partial charge in [0.2, 0.25) is 0 Å². The Labute approximate surface area is 154 Å². The van der Waals surface area contributed by atoms with Crippen LogP contribution in [0.4, 0.5) is 0 Å². The van der Waals surface area contributed by atoms with Gasteiger partial charge in [-0.2, -0.15) is 0 Å². The van der Waals surface area contributed by atoms with Crippen molar-refractivity contribution < 1.29 is 10.2 Å². The smallest absolute Gasteiger partial charge is 0.166 e. The average molecular weight is 361 g/mol. The van der Waals surface area contributed by atoms with E-state index in [1.165, 1.54) is 0 Å². The second-order valence-electron chi connectivity index (χ2n) is 8.37. The first-order valence-electron chi connectivity index (χ1n) is 9.46. The van der Waals surface area contributed by atoms with Crippen LogP contribution in [-0.4, -0.2) is 41.6 Å². The molecule has 24 heavy (non-hydrogen) atoms. The summed E-state index contributed by atoms with van der Waals surface area (Å²) in [5, 5.41) is 25.3. The van der Waals surface area contributed by atoms with Crippen molar-refractivity contribution in [1.29, 1.82) is 0 Å². The molecule has 0 aromatic heterocycles. The number of hydrogen-bond acceptors (Lipinski definition) is 3. The Balaban J connectivity index is 3.54. The summed E-state index contributed by atoms with van der Waals surface area (Å²) in [5.41, 5.74) is 0.467. The van der Waals surface area contributed by atoms with Crippen LogP contribution in [0.15, 0.2) is 0 Å². The first-order valence-corrected chi connectivity index (χ1v) is 9.87. The zero-order valence-corrected chi connectivity index (χ0v) is 17.1. The molecule has 0 saturated heterocycles. The molecule has 0 rings (SSSR count). The lowest BCUT2D eigenvalue weighted by atomic mass is 9.84. The van der Waals surface area contributed by atoms with Gasteiger partial charge < -0.3 is 20.8 Å². The fourth-order valence-corrected chi connectivity index (χ4v) is 2.98. The summed E-state index contributed by atoms with van der Waals surface area (Å²) in [5.74, 6) is 0. The van der Waals surface area contributed by atoms with Gasteiger partial charge in [0.05, 0.1) is 0 Å². The molecule has 0 spiro atoms. The monoisotopic (exact) mass is 360 g/mol. The highest BCUT2D eigenvalue weighted by molar-refractivity contribution is 7.80. The Kier molecular flexibility index (Phi) is 12.7. The number of nitrogens with one attached hydrogen (secondary N) is 2. The lowest BCUT2D eigenvalue weighted by molar-refractivity contribution is 0.198. The van der Waals surface area contributed by atoms with Crippen molar-refractivity contribution in [2.24, 2.45) is 10.8 Å². The zero-order chi connectivity index (χ0) is 18.5. The van der Waals surface area contributed by atoms with Crippen LogP contribution < -0.4 is 10.6 Å².